The molecule has 1 unspecified atom stereocenters. The molecule has 0 radical (unpaired) electrons. The Morgan fingerprint density at radius 1 is 1.29 bits per heavy atom. The van der Waals surface area contributed by atoms with Crippen molar-refractivity contribution in [1.29, 1.82) is 4.78 Å². The largest absolute Gasteiger partial charge is 0.255 e. The van der Waals surface area contributed by atoms with Crippen molar-refractivity contribution in [3.8, 4) is 0 Å². The Morgan fingerprint density at radius 2 is 1.71 bits per heavy atom. The van der Waals surface area contributed by atoms with Crippen LogP contribution in [0.3, 0.4) is 0 Å². The van der Waals surface area contributed by atoms with Crippen molar-refractivity contribution in [2.45, 2.75) is 58.1 Å². The van der Waals surface area contributed by atoms with Gasteiger partial charge in [0.15, 0.2) is 0 Å². The molecule has 1 fully saturated rings. The highest BCUT2D eigenvalue weighted by Gasteiger charge is 2.36. The van der Waals surface area contributed by atoms with Crippen LogP contribution in [0.5, 0.6) is 0 Å². The van der Waals surface area contributed by atoms with E-state index in [0.29, 0.717) is 5.41 Å². The van der Waals surface area contributed by atoms with Crippen LogP contribution in [0.4, 0.5) is 0 Å². The number of thiol groups is 1. The zero-order valence-electron chi connectivity index (χ0n) is 9.76. The van der Waals surface area contributed by atoms with E-state index in [9.17, 15) is 4.21 Å². The van der Waals surface area contributed by atoms with Crippen LogP contribution in [-0.4, -0.2) is 8.96 Å². The van der Waals surface area contributed by atoms with Crippen molar-refractivity contribution in [1.82, 2.24) is 0 Å². The van der Waals surface area contributed by atoms with Crippen molar-refractivity contribution in [2.24, 2.45) is 11.3 Å². The van der Waals surface area contributed by atoms with Crippen LogP contribution in [0.2, 0.25) is 0 Å². The van der Waals surface area contributed by atoms with Gasteiger partial charge >= 0.3 is 0 Å². The van der Waals surface area contributed by atoms with Gasteiger partial charge in [0.05, 0.1) is 0 Å². The topological polar surface area (TPSA) is 40.9 Å². The quantitative estimate of drug-likeness (QED) is 0.651. The Balaban J connectivity index is 2.63. The van der Waals surface area contributed by atoms with E-state index in [1.54, 1.807) is 0 Å². The molecule has 1 rings (SSSR count). The third kappa shape index (κ3) is 2.50. The molecule has 0 bridgehead atoms. The van der Waals surface area contributed by atoms with E-state index in [1.807, 2.05) is 6.92 Å². The molecule has 1 aliphatic rings. The zero-order valence-corrected chi connectivity index (χ0v) is 10.7. The molecule has 14 heavy (non-hydrogen) atoms. The van der Waals surface area contributed by atoms with Gasteiger partial charge in [-0.1, -0.05) is 20.8 Å². The van der Waals surface area contributed by atoms with Gasteiger partial charge in [-0.2, -0.15) is 0 Å². The van der Waals surface area contributed by atoms with Gasteiger partial charge in [-0.15, -0.1) is 0 Å². The fraction of sp³-hybridized carbons (Fsp3) is 1.00. The predicted molar refractivity (Wildman–Crippen MR) is 62.1 cm³/mol. The van der Waals surface area contributed by atoms with Crippen molar-refractivity contribution in [3.63, 3.8) is 0 Å². The van der Waals surface area contributed by atoms with Crippen molar-refractivity contribution in [3.05, 3.63) is 0 Å². The highest BCUT2D eigenvalue weighted by atomic mass is 32.2. The van der Waals surface area contributed by atoms with Gasteiger partial charge in [-0.3, -0.25) is 8.99 Å². The van der Waals surface area contributed by atoms with Crippen molar-refractivity contribution >= 4 is 10.6 Å². The molecule has 1 saturated carbocycles. The van der Waals surface area contributed by atoms with E-state index >= 15 is 0 Å². The van der Waals surface area contributed by atoms with E-state index in [4.69, 9.17) is 4.78 Å². The van der Waals surface area contributed by atoms with Gasteiger partial charge in [0.1, 0.15) is 0 Å². The third-order valence-electron chi connectivity index (χ3n) is 3.78. The summed E-state index contributed by atoms with van der Waals surface area (Å²) in [7, 11) is -1.76. The van der Waals surface area contributed by atoms with Gasteiger partial charge in [0, 0.05) is 15.3 Å². The number of hydrogen-bond donors (Lipinski definition) is 2. The van der Waals surface area contributed by atoms with E-state index in [1.165, 1.54) is 0 Å². The number of rotatable bonds is 1. The highest BCUT2D eigenvalue weighted by Crippen LogP contribution is 2.42. The smallest absolute Gasteiger partial charge is 0.0485 e. The fourth-order valence-corrected chi connectivity index (χ4v) is 2.97. The summed E-state index contributed by atoms with van der Waals surface area (Å²) in [4.78, 5) is 0. The molecule has 1 atom stereocenters. The van der Waals surface area contributed by atoms with Gasteiger partial charge in [0.25, 0.3) is 0 Å². The van der Waals surface area contributed by atoms with Crippen LogP contribution in [0.25, 0.3) is 0 Å². The van der Waals surface area contributed by atoms with Crippen LogP contribution in [0.1, 0.15) is 53.4 Å². The first kappa shape index (κ1) is 12.0. The van der Waals surface area contributed by atoms with Crippen LogP contribution in [0.15, 0.2) is 0 Å². The second-order valence-electron chi connectivity index (χ2n) is 5.93. The second-order valence-corrected chi connectivity index (χ2v) is 7.60. The minimum absolute atomic E-state index is 0.197. The molecule has 0 aromatic carbocycles. The number of hydrogen-bond acceptors (Lipinski definition) is 2. The molecule has 2 nitrogen and oxygen atoms in total. The Kier molecular flexibility index (Phi) is 3.30. The Bertz CT molecular complexity index is 260. The molecule has 84 valence electrons. The molecule has 0 aliphatic heterocycles. The van der Waals surface area contributed by atoms with Crippen LogP contribution in [-0.2, 0) is 10.6 Å². The first-order valence-corrected chi connectivity index (χ1v) is 6.70. The fourth-order valence-electron chi connectivity index (χ4n) is 2.31. The molecule has 1 N–H and O–H groups in total. The molecule has 0 amide bonds. The lowest BCUT2D eigenvalue weighted by atomic mass is 9.70. The maximum Gasteiger partial charge on any atom is 0.0485 e. The summed E-state index contributed by atoms with van der Waals surface area (Å²) in [5, 5.41) is 0. The third-order valence-corrected chi connectivity index (χ3v) is 5.21. The van der Waals surface area contributed by atoms with Crippen molar-refractivity contribution < 1.29 is 4.21 Å². The molecular weight excluding hydrogens is 194 g/mol. The molecule has 0 saturated heterocycles. The normalized spacial score (nSPS) is 36.7. The summed E-state index contributed by atoms with van der Waals surface area (Å²) >= 11 is 0. The van der Waals surface area contributed by atoms with E-state index in [2.05, 4.69) is 20.8 Å². The maximum absolute atomic E-state index is 11.3. The summed E-state index contributed by atoms with van der Waals surface area (Å²) in [6.45, 7) is 8.85. The van der Waals surface area contributed by atoms with Crippen LogP contribution in [0, 0.1) is 16.1 Å². The zero-order chi connectivity index (χ0) is 11.0. The second kappa shape index (κ2) is 3.84. The lowest BCUT2D eigenvalue weighted by molar-refractivity contribution is 0.164. The average molecular weight is 217 g/mol. The maximum atomic E-state index is 11.3. The summed E-state index contributed by atoms with van der Waals surface area (Å²) in [5.41, 5.74) is 0.370. The molecular formula is C11H23NOS. The minimum Gasteiger partial charge on any atom is -0.255 e. The lowest BCUT2D eigenvalue weighted by Gasteiger charge is -2.40. The van der Waals surface area contributed by atoms with Crippen LogP contribution < -0.4 is 0 Å². The monoisotopic (exact) mass is 217 g/mol. The predicted octanol–water partition coefficient (Wildman–Crippen LogP) is 3.22. The lowest BCUT2D eigenvalue weighted by Crippen LogP contribution is -2.35. The first-order chi connectivity index (χ1) is 6.26. The summed E-state index contributed by atoms with van der Waals surface area (Å²) in [6.07, 6.45) is 4.21. The van der Waals surface area contributed by atoms with Gasteiger partial charge in [-0.25, -0.2) is 0 Å². The Hall–Kier alpha value is -0.0500. The van der Waals surface area contributed by atoms with Crippen molar-refractivity contribution in [2.75, 3.05) is 0 Å². The summed E-state index contributed by atoms with van der Waals surface area (Å²) in [6, 6.07) is 0. The SMILES string of the molecule is CC(C)(C)C1CCC(C)([SH](=N)=O)CC1. The van der Waals surface area contributed by atoms with Gasteiger partial charge in [-0.05, 0) is 43.9 Å². The molecule has 0 heterocycles. The first-order valence-electron chi connectivity index (χ1n) is 5.44. The summed E-state index contributed by atoms with van der Waals surface area (Å²) < 4.78 is 18.5. The van der Waals surface area contributed by atoms with E-state index in [0.717, 1.165) is 31.6 Å². The van der Waals surface area contributed by atoms with E-state index in [-0.39, 0.29) is 4.75 Å². The minimum atomic E-state index is -1.76. The highest BCUT2D eigenvalue weighted by molar-refractivity contribution is 7.75. The van der Waals surface area contributed by atoms with Gasteiger partial charge < -0.3 is 0 Å². The van der Waals surface area contributed by atoms with E-state index < -0.39 is 10.6 Å². The molecule has 0 aromatic rings. The molecule has 0 spiro atoms. The molecule has 3 heteroatoms. The molecule has 0 aromatic heterocycles. The average Bonchev–Trinajstić information content (AvgIpc) is 2.03. The van der Waals surface area contributed by atoms with Crippen LogP contribution >= 0.6 is 0 Å². The number of nitrogens with one attached hydrogen (secondary N) is 1. The molecule has 1 aliphatic carbocycles. The van der Waals surface area contributed by atoms with Gasteiger partial charge in [0.2, 0.25) is 0 Å². The Morgan fingerprint density at radius 3 is 2.00 bits per heavy atom. The summed E-state index contributed by atoms with van der Waals surface area (Å²) in [5.74, 6) is 0.741. The Labute approximate surface area is 89.5 Å². The standard InChI is InChI=1S/C11H23NOS/c1-10(2,3)9-5-7-11(4,8-6-9)14(12)13/h9,12,14H,5-8H2,1-4H3.